The number of aliphatic carboxylic acids is 1. The van der Waals surface area contributed by atoms with Gasteiger partial charge in [-0.3, -0.25) is 14.4 Å². The van der Waals surface area contributed by atoms with Crippen molar-refractivity contribution < 1.29 is 24.2 Å². The van der Waals surface area contributed by atoms with Crippen molar-refractivity contribution in [2.45, 2.75) is 39.8 Å². The zero-order valence-electron chi connectivity index (χ0n) is 16.9. The van der Waals surface area contributed by atoms with Crippen molar-refractivity contribution >= 4 is 17.8 Å². The van der Waals surface area contributed by atoms with Crippen LogP contribution in [0.15, 0.2) is 54.6 Å². The molecule has 0 aliphatic carbocycles. The Hall–Kier alpha value is -3.35. The second-order valence-electron chi connectivity index (χ2n) is 7.75. The molecule has 0 spiro atoms. The lowest BCUT2D eigenvalue weighted by atomic mass is 9.85. The fourth-order valence-corrected chi connectivity index (χ4v) is 2.60. The molecule has 0 bridgehead atoms. The smallest absolute Gasteiger partial charge is 0.325 e. The third-order valence-electron chi connectivity index (χ3n) is 4.24. The topological polar surface area (TPSA) is 105 Å². The molecule has 0 saturated carbocycles. The molecule has 3 N–H and O–H groups in total. The van der Waals surface area contributed by atoms with Gasteiger partial charge in [0.25, 0.3) is 5.91 Å². The summed E-state index contributed by atoms with van der Waals surface area (Å²) in [4.78, 5) is 36.6. The molecule has 0 saturated heterocycles. The molecular weight excluding hydrogens is 372 g/mol. The quantitative estimate of drug-likeness (QED) is 0.664. The van der Waals surface area contributed by atoms with Gasteiger partial charge in [-0.25, -0.2) is 0 Å². The van der Waals surface area contributed by atoms with Crippen LogP contribution >= 0.6 is 0 Å². The van der Waals surface area contributed by atoms with Gasteiger partial charge < -0.3 is 20.5 Å². The summed E-state index contributed by atoms with van der Waals surface area (Å²) < 4.78 is 5.82. The van der Waals surface area contributed by atoms with Crippen LogP contribution in [0.25, 0.3) is 0 Å². The second-order valence-corrected chi connectivity index (χ2v) is 7.75. The van der Waals surface area contributed by atoms with Crippen LogP contribution in [0.4, 0.5) is 0 Å². The van der Waals surface area contributed by atoms with Crippen molar-refractivity contribution in [2.75, 3.05) is 0 Å². The van der Waals surface area contributed by atoms with Crippen molar-refractivity contribution in [1.29, 1.82) is 0 Å². The third kappa shape index (κ3) is 6.07. The molecule has 29 heavy (non-hydrogen) atoms. The molecule has 0 unspecified atom stereocenters. The number of ether oxygens (including phenoxy) is 1. The van der Waals surface area contributed by atoms with Gasteiger partial charge in [0.15, 0.2) is 0 Å². The minimum Gasteiger partial charge on any atom is -0.480 e. The van der Waals surface area contributed by atoms with E-state index < -0.39 is 35.3 Å². The summed E-state index contributed by atoms with van der Waals surface area (Å²) in [5, 5.41) is 14.2. The zero-order chi connectivity index (χ0) is 21.6. The molecular formula is C22H26N2O5. The lowest BCUT2D eigenvalue weighted by Gasteiger charge is -2.31. The Balaban J connectivity index is 2.24. The lowest BCUT2D eigenvalue weighted by molar-refractivity contribution is -0.142. The average molecular weight is 398 g/mol. The van der Waals surface area contributed by atoms with Gasteiger partial charge in [-0.05, 0) is 36.6 Å². The molecule has 0 aliphatic heterocycles. The predicted molar refractivity (Wildman–Crippen MR) is 109 cm³/mol. The first kappa shape index (κ1) is 21.9. The molecule has 0 fully saturated rings. The largest absolute Gasteiger partial charge is 0.480 e. The van der Waals surface area contributed by atoms with E-state index in [-0.39, 0.29) is 5.56 Å². The maximum Gasteiger partial charge on any atom is 0.325 e. The number of benzene rings is 2. The summed E-state index contributed by atoms with van der Waals surface area (Å²) in [6, 6.07) is 13.7. The highest BCUT2D eigenvalue weighted by molar-refractivity contribution is 6.00. The summed E-state index contributed by atoms with van der Waals surface area (Å²) in [5.41, 5.74) is -0.377. The van der Waals surface area contributed by atoms with Crippen LogP contribution in [0.3, 0.4) is 0 Å². The number of hydrogen-bond donors (Lipinski definition) is 3. The van der Waals surface area contributed by atoms with Crippen molar-refractivity contribution in [3.63, 3.8) is 0 Å². The summed E-state index contributed by atoms with van der Waals surface area (Å²) in [7, 11) is 0. The molecule has 2 atom stereocenters. The molecule has 154 valence electrons. The minimum absolute atomic E-state index is 0.268. The fourth-order valence-electron chi connectivity index (χ4n) is 2.60. The monoisotopic (exact) mass is 398 g/mol. The average Bonchev–Trinajstić information content (AvgIpc) is 2.66. The van der Waals surface area contributed by atoms with Gasteiger partial charge in [-0.1, -0.05) is 51.1 Å². The van der Waals surface area contributed by atoms with Crippen LogP contribution in [0.5, 0.6) is 11.5 Å². The molecule has 0 radical (unpaired) electrons. The molecule has 0 aromatic heterocycles. The lowest BCUT2D eigenvalue weighted by Crippen LogP contribution is -2.56. The van der Waals surface area contributed by atoms with Crippen molar-refractivity contribution in [3.8, 4) is 11.5 Å². The molecule has 7 nitrogen and oxygen atoms in total. The van der Waals surface area contributed by atoms with Crippen LogP contribution < -0.4 is 15.4 Å². The van der Waals surface area contributed by atoms with Crippen LogP contribution in [-0.2, 0) is 9.59 Å². The molecule has 0 aliphatic rings. The Morgan fingerprint density at radius 2 is 1.52 bits per heavy atom. The number of para-hydroxylation sites is 2. The Morgan fingerprint density at radius 1 is 0.931 bits per heavy atom. The van der Waals surface area contributed by atoms with Crippen molar-refractivity contribution in [1.82, 2.24) is 10.6 Å². The summed E-state index contributed by atoms with van der Waals surface area (Å²) in [5.74, 6) is -1.29. The number of nitrogens with one attached hydrogen (secondary N) is 2. The molecule has 2 amide bonds. The molecule has 0 heterocycles. The molecule has 2 rings (SSSR count). The number of amides is 2. The Bertz CT molecular complexity index is 874. The van der Waals surface area contributed by atoms with Crippen LogP contribution in [-0.4, -0.2) is 35.0 Å². The van der Waals surface area contributed by atoms with Crippen LogP contribution in [0.1, 0.15) is 38.1 Å². The van der Waals surface area contributed by atoms with Gasteiger partial charge in [-0.15, -0.1) is 0 Å². The van der Waals surface area contributed by atoms with Gasteiger partial charge >= 0.3 is 5.97 Å². The number of carbonyl (C=O) groups excluding carboxylic acids is 2. The van der Waals surface area contributed by atoms with E-state index in [0.29, 0.717) is 11.5 Å². The number of rotatable bonds is 7. The fraction of sp³-hybridized carbons (Fsp3) is 0.318. The Morgan fingerprint density at radius 3 is 2.10 bits per heavy atom. The van der Waals surface area contributed by atoms with E-state index in [2.05, 4.69) is 10.6 Å². The number of carboxylic acid groups (broad SMARTS) is 1. The third-order valence-corrected chi connectivity index (χ3v) is 4.24. The maximum absolute atomic E-state index is 12.9. The highest BCUT2D eigenvalue weighted by Crippen LogP contribution is 2.26. The van der Waals surface area contributed by atoms with Gasteiger partial charge in [0, 0.05) is 0 Å². The van der Waals surface area contributed by atoms with Crippen LogP contribution in [0.2, 0.25) is 0 Å². The van der Waals surface area contributed by atoms with E-state index >= 15 is 0 Å². The Labute approximate surface area is 170 Å². The standard InChI is InChI=1S/C22H26N2O5/c1-14(21(27)28)23-20(26)18(22(2,3)4)24-19(25)16-12-8-9-13-17(16)29-15-10-6-5-7-11-15/h5-14,18H,1-4H3,(H,23,26)(H,24,25)(H,27,28)/t14-,18+/m0/s1. The first-order valence-corrected chi connectivity index (χ1v) is 9.25. The van der Waals surface area contributed by atoms with Crippen molar-refractivity contribution in [2.24, 2.45) is 5.41 Å². The summed E-state index contributed by atoms with van der Waals surface area (Å²) >= 11 is 0. The summed E-state index contributed by atoms with van der Waals surface area (Å²) in [6.45, 7) is 6.73. The zero-order valence-corrected chi connectivity index (χ0v) is 16.9. The normalized spacial score (nSPS) is 13.1. The Kier molecular flexibility index (Phi) is 6.98. The van der Waals surface area contributed by atoms with Crippen molar-refractivity contribution in [3.05, 3.63) is 60.2 Å². The van der Waals surface area contributed by atoms with E-state index in [0.717, 1.165) is 0 Å². The molecule has 7 heteroatoms. The van der Waals surface area contributed by atoms with E-state index in [9.17, 15) is 14.4 Å². The van der Waals surface area contributed by atoms with E-state index in [1.807, 2.05) is 18.2 Å². The first-order chi connectivity index (χ1) is 13.6. The second kappa shape index (κ2) is 9.23. The van der Waals surface area contributed by atoms with E-state index in [1.54, 1.807) is 57.2 Å². The first-order valence-electron chi connectivity index (χ1n) is 9.25. The van der Waals surface area contributed by atoms with Gasteiger partial charge in [0.1, 0.15) is 23.6 Å². The number of carboxylic acids is 1. The minimum atomic E-state index is -1.15. The van der Waals surface area contributed by atoms with Gasteiger partial charge in [-0.2, -0.15) is 0 Å². The van der Waals surface area contributed by atoms with E-state index in [4.69, 9.17) is 9.84 Å². The SMILES string of the molecule is C[C@H](NC(=O)[C@@H](NC(=O)c1ccccc1Oc1ccccc1)C(C)(C)C)C(=O)O. The molecule has 2 aromatic carbocycles. The van der Waals surface area contributed by atoms with Gasteiger partial charge in [0.2, 0.25) is 5.91 Å². The van der Waals surface area contributed by atoms with Gasteiger partial charge in [0.05, 0.1) is 5.56 Å². The van der Waals surface area contributed by atoms with E-state index in [1.165, 1.54) is 6.92 Å². The summed E-state index contributed by atoms with van der Waals surface area (Å²) in [6.07, 6.45) is 0. The van der Waals surface area contributed by atoms with Crippen LogP contribution in [0, 0.1) is 5.41 Å². The number of hydrogen-bond acceptors (Lipinski definition) is 4. The predicted octanol–water partition coefficient (Wildman–Crippen LogP) is 3.21. The number of carbonyl (C=O) groups is 3. The maximum atomic E-state index is 12.9. The highest BCUT2D eigenvalue weighted by Gasteiger charge is 2.34. The highest BCUT2D eigenvalue weighted by atomic mass is 16.5. The molecule has 2 aromatic rings.